The Hall–Kier alpha value is -7.51. The first-order valence-electron chi connectivity index (χ1n) is 29.5. The number of aliphatic hydroxyl groups is 6. The van der Waals surface area contributed by atoms with E-state index in [-0.39, 0.29) is 55.8 Å². The lowest BCUT2D eigenvalue weighted by Crippen LogP contribution is -2.68. The largest absolute Gasteiger partial charge is 0.507 e. The molecule has 0 radical (unpaired) electrons. The van der Waals surface area contributed by atoms with Crippen LogP contribution >= 0.6 is 23.5 Å². The van der Waals surface area contributed by atoms with Gasteiger partial charge in [0.25, 0.3) is 35.2 Å². The van der Waals surface area contributed by atoms with Crippen molar-refractivity contribution in [1.82, 2.24) is 26.6 Å². The maximum Gasteiger partial charge on any atom is 0.364 e. The minimum atomic E-state index is -2.51. The summed E-state index contributed by atoms with van der Waals surface area (Å²) in [6.07, 6.45) is -13.7. The van der Waals surface area contributed by atoms with E-state index in [1.807, 2.05) is 60.7 Å². The van der Waals surface area contributed by atoms with E-state index in [2.05, 4.69) is 26.6 Å². The zero-order valence-corrected chi connectivity index (χ0v) is 51.4. The summed E-state index contributed by atoms with van der Waals surface area (Å²) in [5.74, 6) is -9.64. The van der Waals surface area contributed by atoms with E-state index in [0.29, 0.717) is 35.0 Å². The van der Waals surface area contributed by atoms with E-state index in [1.165, 1.54) is 35.7 Å². The number of aromatic hydroxyl groups is 1. The Kier molecular flexibility index (Phi) is 26.7. The third-order valence-electron chi connectivity index (χ3n) is 15.0. The summed E-state index contributed by atoms with van der Waals surface area (Å²) in [5.41, 5.74) is 4.25. The molecule has 5 aromatic rings. The van der Waals surface area contributed by atoms with Crippen LogP contribution < -0.4 is 26.6 Å². The summed E-state index contributed by atoms with van der Waals surface area (Å²) in [4.78, 5) is 89.0. The van der Waals surface area contributed by atoms with Crippen LogP contribution in [0.3, 0.4) is 0 Å². The molecule has 5 aromatic carbocycles. The Morgan fingerprint density at radius 3 is 1.49 bits per heavy atom. The van der Waals surface area contributed by atoms with Crippen LogP contribution in [-0.2, 0) is 33.3 Å². The summed E-state index contributed by atoms with van der Waals surface area (Å²) < 4.78 is 23.0. The Balaban J connectivity index is 0.762. The zero-order chi connectivity index (χ0) is 65.7. The Morgan fingerprint density at radius 2 is 1.01 bits per heavy atom. The molecule has 27 heteroatoms. The molecule has 0 aromatic heterocycles. The summed E-state index contributed by atoms with van der Waals surface area (Å²) in [7, 11) is 0. The standard InChI is InChI=1S/C64H77N5O20S2/c1-38(70)69-53-49(73)35-64(62(84)85,89-56(53)55(77)51(75)37-68-58(79)44-20-16-42(17-21-44)40-12-6-3-7-13-40)87-27-9-29-91-31-25-66-60(81)47-23-22-45(32-48(47)72)59(80)65-24-30-90-28-8-26-86-63(61(82)83)34-46(71)33-52(88-63)54(76)50(74)36-67-57(78)43-18-14-41(15-19-43)39-10-4-2-5-11-39/h2-7,10-23,32,46,49-56,71-77H,8-9,24-31,33-37H2,1H3,(H,65,80)(H,66,81)(H,67,78)(H,68,79)(H,69,70)(H,82,83)(H,84,85)/t46-,49+,50-,51-,52-,53-,54-,55-,56-,63-,64-/m1/s1. The molecule has 14 N–H and O–H groups in total. The number of carbonyl (C=O) groups excluding carboxylic acids is 5. The van der Waals surface area contributed by atoms with Crippen LogP contribution in [-0.4, -0.2) is 216 Å². The van der Waals surface area contributed by atoms with E-state index >= 15 is 0 Å². The van der Waals surface area contributed by atoms with Gasteiger partial charge in [-0.15, -0.1) is 0 Å². The summed E-state index contributed by atoms with van der Waals surface area (Å²) >= 11 is 2.79. The number of phenols is 1. The molecule has 490 valence electrons. The van der Waals surface area contributed by atoms with Gasteiger partial charge in [0.1, 0.15) is 24.1 Å². The van der Waals surface area contributed by atoms with E-state index in [0.717, 1.165) is 35.2 Å². The average Bonchev–Trinajstić information content (AvgIpc) is 0.797. The van der Waals surface area contributed by atoms with Gasteiger partial charge in [0.15, 0.2) is 0 Å². The highest BCUT2D eigenvalue weighted by atomic mass is 32.2. The number of hydrogen-bond acceptors (Lipinski definition) is 20. The third-order valence-corrected chi connectivity index (χ3v) is 17.1. The number of amides is 5. The number of aliphatic carboxylic acids is 2. The second-order valence-corrected chi connectivity index (χ2v) is 24.2. The summed E-state index contributed by atoms with van der Waals surface area (Å²) in [5, 5.41) is 110. The van der Waals surface area contributed by atoms with Crippen molar-refractivity contribution in [3.05, 3.63) is 150 Å². The maximum absolute atomic E-state index is 13.0. The minimum Gasteiger partial charge on any atom is -0.507 e. The van der Waals surface area contributed by atoms with Crippen LogP contribution in [0.5, 0.6) is 5.75 Å². The molecule has 2 aliphatic rings. The van der Waals surface area contributed by atoms with Gasteiger partial charge in [-0.1, -0.05) is 84.9 Å². The van der Waals surface area contributed by atoms with Crippen LogP contribution in [0.1, 0.15) is 80.5 Å². The van der Waals surface area contributed by atoms with E-state index < -0.39 is 140 Å². The first-order chi connectivity index (χ1) is 43.6. The number of carboxylic acids is 2. The Labute approximate surface area is 533 Å². The van der Waals surface area contributed by atoms with E-state index in [9.17, 15) is 79.5 Å². The Bertz CT molecular complexity index is 3230. The topological polar surface area (TPSA) is 399 Å². The molecule has 0 aliphatic carbocycles. The van der Waals surface area contributed by atoms with Crippen molar-refractivity contribution < 1.29 is 98.5 Å². The van der Waals surface area contributed by atoms with Gasteiger partial charge < -0.3 is 91.5 Å². The molecule has 2 aliphatic heterocycles. The smallest absolute Gasteiger partial charge is 0.364 e. The number of nitrogens with one attached hydrogen (secondary N) is 5. The molecule has 11 atom stereocenters. The number of ether oxygens (including phenoxy) is 4. The fraction of sp³-hybridized carbons (Fsp3) is 0.422. The van der Waals surface area contributed by atoms with Crippen molar-refractivity contribution in [2.45, 2.75) is 105 Å². The lowest BCUT2D eigenvalue weighted by atomic mass is 9.88. The second kappa shape index (κ2) is 34.2. The molecule has 91 heavy (non-hydrogen) atoms. The van der Waals surface area contributed by atoms with Crippen LogP contribution in [0.4, 0.5) is 0 Å². The monoisotopic (exact) mass is 1300 g/mol. The van der Waals surface area contributed by atoms with Crippen molar-refractivity contribution in [2.24, 2.45) is 0 Å². The quantitative estimate of drug-likeness (QED) is 0.0268. The molecule has 2 heterocycles. The van der Waals surface area contributed by atoms with Crippen molar-refractivity contribution in [2.75, 3.05) is 62.4 Å². The van der Waals surface area contributed by atoms with Gasteiger partial charge in [0.05, 0.1) is 55.3 Å². The summed E-state index contributed by atoms with van der Waals surface area (Å²) in [6, 6.07) is 35.0. The highest BCUT2D eigenvalue weighted by molar-refractivity contribution is 7.99. The molecule has 2 fully saturated rings. The number of rotatable bonds is 33. The lowest BCUT2D eigenvalue weighted by Gasteiger charge is -2.46. The maximum atomic E-state index is 13.0. The van der Waals surface area contributed by atoms with Crippen molar-refractivity contribution >= 4 is 65.0 Å². The third kappa shape index (κ3) is 20.0. The molecule has 25 nitrogen and oxygen atoms in total. The van der Waals surface area contributed by atoms with E-state index in [4.69, 9.17) is 18.9 Å². The van der Waals surface area contributed by atoms with E-state index in [1.54, 1.807) is 48.5 Å². The van der Waals surface area contributed by atoms with Gasteiger partial charge in [-0.25, -0.2) is 9.59 Å². The molecule has 0 saturated carbocycles. The number of phenolic OH excluding ortho intramolecular Hbond substituents is 1. The number of aliphatic hydroxyl groups excluding tert-OH is 6. The predicted octanol–water partition coefficient (Wildman–Crippen LogP) is 2.53. The predicted molar refractivity (Wildman–Crippen MR) is 335 cm³/mol. The second-order valence-electron chi connectivity index (χ2n) is 21.7. The van der Waals surface area contributed by atoms with Crippen molar-refractivity contribution in [3.63, 3.8) is 0 Å². The molecule has 0 spiro atoms. The summed E-state index contributed by atoms with van der Waals surface area (Å²) in [6.45, 7) is 0.259. The number of carbonyl (C=O) groups is 7. The SMILES string of the molecule is CC(=O)N[C@H]1[C@H]([C@H](O)[C@H](O)CNC(=O)c2ccc(-c3ccccc3)cc2)O[C@@](OCCCSCCNC(=O)c2ccc(C(=O)NCCSCCCO[C@]3(C(=O)O)C[C@H](O)C[C@H]([C@H](O)[C@H](O)CNC(=O)c4ccc(-c5ccccc5)cc4)O3)cc2O)(C(=O)O)C[C@@H]1O. The molecular weight excluding hydrogens is 1220 g/mol. The first-order valence-corrected chi connectivity index (χ1v) is 31.8. The highest BCUT2D eigenvalue weighted by Gasteiger charge is 2.56. The average molecular weight is 1300 g/mol. The fourth-order valence-electron chi connectivity index (χ4n) is 10.2. The van der Waals surface area contributed by atoms with Gasteiger partial charge in [-0.3, -0.25) is 24.0 Å². The molecule has 2 saturated heterocycles. The first kappa shape index (κ1) is 70.9. The lowest BCUT2D eigenvalue weighted by molar-refractivity contribution is -0.310. The van der Waals surface area contributed by atoms with Gasteiger partial charge in [-0.05, 0) is 89.1 Å². The van der Waals surface area contributed by atoms with Gasteiger partial charge >= 0.3 is 11.9 Å². The van der Waals surface area contributed by atoms with Gasteiger partial charge in [-0.2, -0.15) is 23.5 Å². The molecular formula is C64H77N5O20S2. The van der Waals surface area contributed by atoms with Crippen molar-refractivity contribution in [3.8, 4) is 28.0 Å². The fourth-order valence-corrected chi connectivity index (χ4v) is 11.7. The molecule has 0 unspecified atom stereocenters. The van der Waals surface area contributed by atoms with Gasteiger partial charge in [0.2, 0.25) is 5.91 Å². The van der Waals surface area contributed by atoms with Crippen molar-refractivity contribution in [1.29, 1.82) is 0 Å². The number of carboxylic acid groups (broad SMARTS) is 2. The Morgan fingerprint density at radius 1 is 0.560 bits per heavy atom. The molecule has 7 rings (SSSR count). The molecule has 0 bridgehead atoms. The van der Waals surface area contributed by atoms with Crippen LogP contribution in [0.25, 0.3) is 22.3 Å². The van der Waals surface area contributed by atoms with Gasteiger partial charge in [0, 0.05) is 80.6 Å². The minimum absolute atomic E-state index is 0.0852. The number of hydrogen-bond donors (Lipinski definition) is 14. The normalized spacial score (nSPS) is 21.9. The van der Waals surface area contributed by atoms with Crippen LogP contribution in [0.15, 0.2) is 127 Å². The zero-order valence-electron chi connectivity index (χ0n) is 49.8. The van der Waals surface area contributed by atoms with Crippen LogP contribution in [0, 0.1) is 0 Å². The number of benzene rings is 5. The number of thioether (sulfide) groups is 2. The highest BCUT2D eigenvalue weighted by Crippen LogP contribution is 2.36. The van der Waals surface area contributed by atoms with Crippen LogP contribution in [0.2, 0.25) is 0 Å². The molecule has 5 amide bonds.